The van der Waals surface area contributed by atoms with Gasteiger partial charge in [-0.3, -0.25) is 9.59 Å². The van der Waals surface area contributed by atoms with Gasteiger partial charge in [0.05, 0.1) is 6.61 Å². The van der Waals surface area contributed by atoms with Gasteiger partial charge in [0, 0.05) is 19.4 Å². The zero-order chi connectivity index (χ0) is 44.9. The number of ether oxygens (including phenoxy) is 3. The largest absolute Gasteiger partial charge is 0.462 e. The zero-order valence-electron chi connectivity index (χ0n) is 41.6. The summed E-state index contributed by atoms with van der Waals surface area (Å²) >= 11 is 0. The Morgan fingerprint density at radius 1 is 0.371 bits per heavy atom. The van der Waals surface area contributed by atoms with Gasteiger partial charge in [-0.25, -0.2) is 0 Å². The number of unbranched alkanes of at least 4 members (excludes halogenated alkanes) is 31. The Balaban J connectivity index is 4.22. The normalized spacial score (nSPS) is 12.5. The molecule has 5 nitrogen and oxygen atoms in total. The van der Waals surface area contributed by atoms with Crippen molar-refractivity contribution in [2.75, 3.05) is 19.8 Å². The number of carbonyl (C=O) groups is 2. The lowest BCUT2D eigenvalue weighted by Gasteiger charge is -2.18. The molecule has 0 rings (SSSR count). The third-order valence-electron chi connectivity index (χ3n) is 11.9. The second kappa shape index (κ2) is 53.2. The van der Waals surface area contributed by atoms with Crippen molar-refractivity contribution in [1.82, 2.24) is 0 Å². The molecule has 362 valence electrons. The molecule has 62 heavy (non-hydrogen) atoms. The molecule has 0 aliphatic heterocycles. The van der Waals surface area contributed by atoms with Crippen LogP contribution in [0.3, 0.4) is 0 Å². The predicted molar refractivity (Wildman–Crippen MR) is 270 cm³/mol. The maximum absolute atomic E-state index is 12.8. The average molecular weight is 869 g/mol. The Bertz CT molecular complexity index is 1030. The lowest BCUT2D eigenvalue weighted by Crippen LogP contribution is -2.30. The number of hydrogen-bond acceptors (Lipinski definition) is 5. The summed E-state index contributed by atoms with van der Waals surface area (Å²) in [7, 11) is 0. The summed E-state index contributed by atoms with van der Waals surface area (Å²) in [4.78, 5) is 25.4. The van der Waals surface area contributed by atoms with Crippen molar-refractivity contribution < 1.29 is 23.8 Å². The van der Waals surface area contributed by atoms with Crippen LogP contribution in [0.1, 0.15) is 278 Å². The summed E-state index contributed by atoms with van der Waals surface area (Å²) in [6.07, 6.45) is 65.6. The minimum absolute atomic E-state index is 0.0772. The monoisotopic (exact) mass is 869 g/mol. The molecular formula is C57H104O5. The van der Waals surface area contributed by atoms with Crippen molar-refractivity contribution in [2.45, 2.75) is 284 Å². The van der Waals surface area contributed by atoms with Gasteiger partial charge in [-0.15, -0.1) is 0 Å². The van der Waals surface area contributed by atoms with Crippen LogP contribution in [-0.2, 0) is 23.8 Å². The molecule has 0 spiro atoms. The fraction of sp³-hybridized carbons (Fsp3) is 0.825. The van der Waals surface area contributed by atoms with Crippen LogP contribution in [0.25, 0.3) is 0 Å². The molecule has 0 aromatic carbocycles. The van der Waals surface area contributed by atoms with E-state index in [2.05, 4.69) is 69.4 Å². The Hall–Kier alpha value is -2.14. The molecule has 0 amide bonds. The van der Waals surface area contributed by atoms with Crippen LogP contribution in [0.2, 0.25) is 0 Å². The van der Waals surface area contributed by atoms with E-state index in [0.717, 1.165) is 77.0 Å². The first-order chi connectivity index (χ1) is 30.6. The molecule has 0 saturated heterocycles. The number of allylic oxidation sites excluding steroid dienone is 8. The quantitative estimate of drug-likeness (QED) is 0.0346. The van der Waals surface area contributed by atoms with Gasteiger partial charge < -0.3 is 14.2 Å². The van der Waals surface area contributed by atoms with Crippen LogP contribution >= 0.6 is 0 Å². The maximum atomic E-state index is 12.8. The first-order valence-electron chi connectivity index (χ1n) is 27.2. The predicted octanol–water partition coefficient (Wildman–Crippen LogP) is 18.3. The molecule has 0 radical (unpaired) electrons. The minimum Gasteiger partial charge on any atom is -0.462 e. The zero-order valence-corrected chi connectivity index (χ0v) is 41.6. The Labute approximate surface area is 386 Å². The summed E-state index contributed by atoms with van der Waals surface area (Å²) in [6, 6.07) is 0. The number of hydrogen-bond donors (Lipinski definition) is 0. The molecule has 0 aromatic rings. The van der Waals surface area contributed by atoms with Crippen molar-refractivity contribution >= 4 is 11.9 Å². The fourth-order valence-electron chi connectivity index (χ4n) is 7.86. The van der Waals surface area contributed by atoms with Crippen molar-refractivity contribution in [1.29, 1.82) is 0 Å². The van der Waals surface area contributed by atoms with E-state index in [4.69, 9.17) is 14.2 Å². The van der Waals surface area contributed by atoms with E-state index in [1.54, 1.807) is 0 Å². The van der Waals surface area contributed by atoms with Gasteiger partial charge in [-0.1, -0.05) is 256 Å². The van der Waals surface area contributed by atoms with Crippen LogP contribution in [-0.4, -0.2) is 37.9 Å². The molecule has 0 saturated carbocycles. The Morgan fingerprint density at radius 3 is 1.15 bits per heavy atom. The van der Waals surface area contributed by atoms with Gasteiger partial charge in [0.25, 0.3) is 0 Å². The first-order valence-corrected chi connectivity index (χ1v) is 27.2. The van der Waals surface area contributed by atoms with Crippen molar-refractivity contribution in [3.8, 4) is 0 Å². The van der Waals surface area contributed by atoms with E-state index in [0.29, 0.717) is 19.4 Å². The molecule has 0 aromatic heterocycles. The molecular weight excluding hydrogens is 765 g/mol. The van der Waals surface area contributed by atoms with Crippen LogP contribution in [0.5, 0.6) is 0 Å². The highest BCUT2D eigenvalue weighted by Gasteiger charge is 2.17. The molecule has 0 N–H and O–H groups in total. The second-order valence-corrected chi connectivity index (χ2v) is 18.1. The van der Waals surface area contributed by atoms with Crippen molar-refractivity contribution in [3.05, 3.63) is 48.6 Å². The molecule has 0 bridgehead atoms. The van der Waals surface area contributed by atoms with Gasteiger partial charge in [0.1, 0.15) is 6.61 Å². The van der Waals surface area contributed by atoms with Gasteiger partial charge in [0.15, 0.2) is 6.10 Å². The summed E-state index contributed by atoms with van der Waals surface area (Å²) in [6.45, 7) is 7.68. The average Bonchev–Trinajstić information content (AvgIpc) is 3.27. The molecule has 0 aliphatic carbocycles. The van der Waals surface area contributed by atoms with Crippen LogP contribution in [0, 0.1) is 0 Å². The topological polar surface area (TPSA) is 61.8 Å². The summed E-state index contributed by atoms with van der Waals surface area (Å²) in [5.74, 6) is -0.401. The molecule has 5 heteroatoms. The fourth-order valence-corrected chi connectivity index (χ4v) is 7.86. The summed E-state index contributed by atoms with van der Waals surface area (Å²) < 4.78 is 17.4. The van der Waals surface area contributed by atoms with E-state index in [1.165, 1.54) is 167 Å². The summed E-state index contributed by atoms with van der Waals surface area (Å²) in [5, 5.41) is 0. The van der Waals surface area contributed by atoms with Crippen LogP contribution < -0.4 is 0 Å². The highest BCUT2D eigenvalue weighted by Crippen LogP contribution is 2.16. The van der Waals surface area contributed by atoms with Crippen LogP contribution in [0.4, 0.5) is 0 Å². The van der Waals surface area contributed by atoms with E-state index in [-0.39, 0.29) is 25.2 Å². The standard InChI is InChI=1S/C57H104O5/c1-4-7-10-13-16-19-22-24-26-28-29-30-31-33-36-38-41-44-47-50-56(58)61-54-55(62-57(59)51-48-45-42-39-35-21-18-15-12-9-6-3)53-60-52-49-46-43-40-37-34-32-27-25-23-20-17-14-11-8-5-2/h8,11,17,20,25,27,34,37,55H,4-7,9-10,12-16,18-19,21-24,26,28-33,35-36,38-54H2,1-3H3/b11-8-,20-17-,27-25-,37-34-. The third-order valence-corrected chi connectivity index (χ3v) is 11.9. The van der Waals surface area contributed by atoms with Gasteiger partial charge in [0.2, 0.25) is 0 Å². The molecule has 0 aliphatic rings. The first kappa shape index (κ1) is 59.9. The molecule has 1 atom stereocenters. The van der Waals surface area contributed by atoms with E-state index >= 15 is 0 Å². The third kappa shape index (κ3) is 50.5. The minimum atomic E-state index is -0.548. The highest BCUT2D eigenvalue weighted by atomic mass is 16.6. The lowest BCUT2D eigenvalue weighted by molar-refractivity contribution is -0.163. The molecule has 0 fully saturated rings. The van der Waals surface area contributed by atoms with Crippen molar-refractivity contribution in [2.24, 2.45) is 0 Å². The van der Waals surface area contributed by atoms with Crippen LogP contribution in [0.15, 0.2) is 48.6 Å². The lowest BCUT2D eigenvalue weighted by atomic mass is 10.0. The molecule has 0 heterocycles. The Morgan fingerprint density at radius 2 is 0.726 bits per heavy atom. The van der Waals surface area contributed by atoms with E-state index in [1.807, 2.05) is 0 Å². The highest BCUT2D eigenvalue weighted by molar-refractivity contribution is 5.70. The van der Waals surface area contributed by atoms with Gasteiger partial charge in [-0.05, 0) is 57.8 Å². The second-order valence-electron chi connectivity index (χ2n) is 18.1. The molecule has 1 unspecified atom stereocenters. The SMILES string of the molecule is CC/C=C\C/C=C\C/C=C\C/C=C\CCCCCOCC(COC(=O)CCCCCCCCCCCCCCCCCCCCC)OC(=O)CCCCCCCCCCCCC. The van der Waals surface area contributed by atoms with E-state index in [9.17, 15) is 9.59 Å². The van der Waals surface area contributed by atoms with Crippen molar-refractivity contribution in [3.63, 3.8) is 0 Å². The van der Waals surface area contributed by atoms with Gasteiger partial charge in [-0.2, -0.15) is 0 Å². The maximum Gasteiger partial charge on any atom is 0.306 e. The smallest absolute Gasteiger partial charge is 0.306 e. The number of esters is 2. The Kier molecular flexibility index (Phi) is 51.4. The number of rotatable bonds is 50. The summed E-state index contributed by atoms with van der Waals surface area (Å²) in [5.41, 5.74) is 0. The van der Waals surface area contributed by atoms with Gasteiger partial charge >= 0.3 is 11.9 Å². The number of carbonyl (C=O) groups excluding carboxylic acids is 2. The van der Waals surface area contributed by atoms with E-state index < -0.39 is 6.10 Å².